The standard InChI is InChI=1S/C13H22N4O2/c1-2-12(10-18)14-7-11-8-15-13(16-9-11)17-3-5-19-6-4-17/h8-9,12,14,18H,2-7,10H2,1H3/t12-/m0/s1. The average molecular weight is 266 g/mol. The van der Waals surface area contributed by atoms with Crippen LogP contribution in [0.2, 0.25) is 0 Å². The molecule has 1 aliphatic heterocycles. The van der Waals surface area contributed by atoms with Crippen LogP contribution in [0.3, 0.4) is 0 Å². The van der Waals surface area contributed by atoms with Crippen LogP contribution in [0.4, 0.5) is 5.95 Å². The predicted octanol–water partition coefficient (Wildman–Crippen LogP) is 0.174. The van der Waals surface area contributed by atoms with E-state index >= 15 is 0 Å². The zero-order valence-electron chi connectivity index (χ0n) is 11.4. The smallest absolute Gasteiger partial charge is 0.225 e. The van der Waals surface area contributed by atoms with Gasteiger partial charge in [-0.15, -0.1) is 0 Å². The number of rotatable bonds is 6. The molecule has 1 aromatic rings. The number of aliphatic hydroxyl groups excluding tert-OH is 1. The molecule has 0 amide bonds. The highest BCUT2D eigenvalue weighted by molar-refractivity contribution is 5.30. The number of hydrogen-bond acceptors (Lipinski definition) is 6. The molecule has 19 heavy (non-hydrogen) atoms. The Morgan fingerprint density at radius 2 is 2.05 bits per heavy atom. The molecule has 0 spiro atoms. The lowest BCUT2D eigenvalue weighted by atomic mass is 10.2. The van der Waals surface area contributed by atoms with Crippen LogP contribution in [-0.4, -0.2) is 54.0 Å². The maximum atomic E-state index is 9.11. The van der Waals surface area contributed by atoms with Crippen molar-refractivity contribution in [3.05, 3.63) is 18.0 Å². The Bertz CT molecular complexity index is 361. The van der Waals surface area contributed by atoms with Crippen molar-refractivity contribution in [3.63, 3.8) is 0 Å². The molecule has 0 saturated carbocycles. The van der Waals surface area contributed by atoms with Crippen molar-refractivity contribution in [3.8, 4) is 0 Å². The molecule has 1 saturated heterocycles. The highest BCUT2D eigenvalue weighted by Crippen LogP contribution is 2.09. The van der Waals surface area contributed by atoms with Gasteiger partial charge >= 0.3 is 0 Å². The minimum absolute atomic E-state index is 0.138. The number of nitrogens with one attached hydrogen (secondary N) is 1. The molecule has 1 aliphatic rings. The average Bonchev–Trinajstić information content (AvgIpc) is 2.50. The van der Waals surface area contributed by atoms with Crippen LogP contribution in [0, 0.1) is 0 Å². The molecule has 6 nitrogen and oxygen atoms in total. The monoisotopic (exact) mass is 266 g/mol. The number of morpholine rings is 1. The summed E-state index contributed by atoms with van der Waals surface area (Å²) >= 11 is 0. The molecular formula is C13H22N4O2. The maximum absolute atomic E-state index is 9.11. The largest absolute Gasteiger partial charge is 0.395 e. The number of ether oxygens (including phenoxy) is 1. The lowest BCUT2D eigenvalue weighted by molar-refractivity contribution is 0.122. The summed E-state index contributed by atoms with van der Waals surface area (Å²) in [7, 11) is 0. The first-order chi connectivity index (χ1) is 9.33. The Balaban J connectivity index is 1.87. The van der Waals surface area contributed by atoms with Gasteiger partial charge in [0.2, 0.25) is 5.95 Å². The minimum atomic E-state index is 0.138. The van der Waals surface area contributed by atoms with Gasteiger partial charge in [-0.1, -0.05) is 6.92 Å². The maximum Gasteiger partial charge on any atom is 0.225 e. The second-order valence-corrected chi connectivity index (χ2v) is 4.66. The van der Waals surface area contributed by atoms with Crippen molar-refractivity contribution in [2.24, 2.45) is 0 Å². The summed E-state index contributed by atoms with van der Waals surface area (Å²) in [6.45, 7) is 6.06. The summed E-state index contributed by atoms with van der Waals surface area (Å²) in [6, 6.07) is 0.138. The molecule has 0 radical (unpaired) electrons. The first kappa shape index (κ1) is 14.2. The van der Waals surface area contributed by atoms with E-state index in [4.69, 9.17) is 9.84 Å². The number of aliphatic hydroxyl groups is 1. The van der Waals surface area contributed by atoms with Crippen LogP contribution in [0.1, 0.15) is 18.9 Å². The second-order valence-electron chi connectivity index (χ2n) is 4.66. The summed E-state index contributed by atoms with van der Waals surface area (Å²) in [6.07, 6.45) is 4.59. The third-order valence-corrected chi connectivity index (χ3v) is 3.29. The fraction of sp³-hybridized carbons (Fsp3) is 0.692. The van der Waals surface area contributed by atoms with Crippen molar-refractivity contribution in [2.45, 2.75) is 25.9 Å². The Hall–Kier alpha value is -1.24. The van der Waals surface area contributed by atoms with Gasteiger partial charge in [0.15, 0.2) is 0 Å². The molecule has 0 aliphatic carbocycles. The molecule has 2 N–H and O–H groups in total. The quantitative estimate of drug-likeness (QED) is 0.765. The van der Waals surface area contributed by atoms with Crippen LogP contribution in [0.15, 0.2) is 12.4 Å². The van der Waals surface area contributed by atoms with Crippen LogP contribution < -0.4 is 10.2 Å². The first-order valence-electron chi connectivity index (χ1n) is 6.81. The molecule has 0 bridgehead atoms. The zero-order chi connectivity index (χ0) is 13.5. The predicted molar refractivity (Wildman–Crippen MR) is 73.1 cm³/mol. The summed E-state index contributed by atoms with van der Waals surface area (Å²) in [4.78, 5) is 10.9. The summed E-state index contributed by atoms with van der Waals surface area (Å²) in [5.74, 6) is 0.765. The SMILES string of the molecule is CC[C@@H](CO)NCc1cnc(N2CCOCC2)nc1. The van der Waals surface area contributed by atoms with E-state index in [9.17, 15) is 0 Å². The zero-order valence-corrected chi connectivity index (χ0v) is 11.4. The number of anilines is 1. The number of aromatic nitrogens is 2. The summed E-state index contributed by atoms with van der Waals surface area (Å²) in [5, 5.41) is 12.4. The first-order valence-corrected chi connectivity index (χ1v) is 6.81. The minimum Gasteiger partial charge on any atom is -0.395 e. The third-order valence-electron chi connectivity index (χ3n) is 3.29. The Kier molecular flexibility index (Phi) is 5.50. The van der Waals surface area contributed by atoms with E-state index in [0.717, 1.165) is 44.2 Å². The molecule has 0 aromatic carbocycles. The van der Waals surface area contributed by atoms with Crippen molar-refractivity contribution in [2.75, 3.05) is 37.8 Å². The van der Waals surface area contributed by atoms with E-state index in [-0.39, 0.29) is 12.6 Å². The Labute approximate surface area is 113 Å². The molecular weight excluding hydrogens is 244 g/mol. The Morgan fingerprint density at radius 1 is 1.37 bits per heavy atom. The highest BCUT2D eigenvalue weighted by Gasteiger charge is 2.13. The Morgan fingerprint density at radius 3 is 2.63 bits per heavy atom. The van der Waals surface area contributed by atoms with E-state index in [1.54, 1.807) is 0 Å². The van der Waals surface area contributed by atoms with Gasteiger partial charge in [0.05, 0.1) is 19.8 Å². The summed E-state index contributed by atoms with van der Waals surface area (Å²) in [5.41, 5.74) is 1.03. The topological polar surface area (TPSA) is 70.5 Å². The van der Waals surface area contributed by atoms with Crippen LogP contribution >= 0.6 is 0 Å². The van der Waals surface area contributed by atoms with Gasteiger partial charge in [-0.25, -0.2) is 9.97 Å². The van der Waals surface area contributed by atoms with Gasteiger partial charge in [-0.2, -0.15) is 0 Å². The number of nitrogens with zero attached hydrogens (tertiary/aromatic N) is 3. The van der Waals surface area contributed by atoms with Gasteiger partial charge in [0, 0.05) is 43.6 Å². The molecule has 2 rings (SSSR count). The third kappa shape index (κ3) is 4.12. The van der Waals surface area contributed by atoms with Crippen molar-refractivity contribution < 1.29 is 9.84 Å². The van der Waals surface area contributed by atoms with Crippen LogP contribution in [0.5, 0.6) is 0 Å². The van der Waals surface area contributed by atoms with Gasteiger partial charge in [-0.3, -0.25) is 0 Å². The fourth-order valence-corrected chi connectivity index (χ4v) is 1.97. The van der Waals surface area contributed by atoms with Crippen molar-refractivity contribution in [1.29, 1.82) is 0 Å². The van der Waals surface area contributed by atoms with Gasteiger partial charge in [-0.05, 0) is 6.42 Å². The van der Waals surface area contributed by atoms with Crippen LogP contribution in [-0.2, 0) is 11.3 Å². The van der Waals surface area contributed by atoms with E-state index < -0.39 is 0 Å². The van der Waals surface area contributed by atoms with Gasteiger partial charge < -0.3 is 20.1 Å². The molecule has 2 heterocycles. The van der Waals surface area contributed by atoms with E-state index in [1.165, 1.54) is 0 Å². The lowest BCUT2D eigenvalue weighted by Crippen LogP contribution is -2.37. The second kappa shape index (κ2) is 7.37. The molecule has 1 fully saturated rings. The molecule has 1 aromatic heterocycles. The van der Waals surface area contributed by atoms with E-state index in [1.807, 2.05) is 19.3 Å². The van der Waals surface area contributed by atoms with E-state index in [0.29, 0.717) is 6.54 Å². The van der Waals surface area contributed by atoms with Crippen molar-refractivity contribution >= 4 is 5.95 Å². The van der Waals surface area contributed by atoms with E-state index in [2.05, 4.69) is 20.2 Å². The van der Waals surface area contributed by atoms with Crippen LogP contribution in [0.25, 0.3) is 0 Å². The molecule has 106 valence electrons. The molecule has 0 unspecified atom stereocenters. The lowest BCUT2D eigenvalue weighted by Gasteiger charge is -2.26. The normalized spacial score (nSPS) is 17.5. The number of hydrogen-bond donors (Lipinski definition) is 2. The summed E-state index contributed by atoms with van der Waals surface area (Å²) < 4.78 is 5.30. The van der Waals surface area contributed by atoms with Gasteiger partial charge in [0.25, 0.3) is 0 Å². The molecule has 6 heteroatoms. The highest BCUT2D eigenvalue weighted by atomic mass is 16.5. The fourth-order valence-electron chi connectivity index (χ4n) is 1.97. The molecule has 1 atom stereocenters. The van der Waals surface area contributed by atoms with Gasteiger partial charge in [0.1, 0.15) is 0 Å². The van der Waals surface area contributed by atoms with Crippen molar-refractivity contribution in [1.82, 2.24) is 15.3 Å².